The summed E-state index contributed by atoms with van der Waals surface area (Å²) in [6.07, 6.45) is 0. The summed E-state index contributed by atoms with van der Waals surface area (Å²) in [6, 6.07) is 5.27. The highest BCUT2D eigenvalue weighted by atomic mass is 16.4. The van der Waals surface area contributed by atoms with Crippen molar-refractivity contribution in [2.75, 3.05) is 0 Å². The minimum absolute atomic E-state index is 0.363. The van der Waals surface area contributed by atoms with Gasteiger partial charge in [0.1, 0.15) is 0 Å². The van der Waals surface area contributed by atoms with E-state index in [9.17, 15) is 4.79 Å². The lowest BCUT2D eigenvalue weighted by Gasteiger charge is -2.09. The Hall–Kier alpha value is -1.31. The minimum Gasteiger partial charge on any atom is -0.478 e. The van der Waals surface area contributed by atoms with E-state index in [0.717, 1.165) is 5.56 Å². The molecule has 84 valence electrons. The molecule has 0 saturated heterocycles. The predicted octanol–water partition coefficient (Wildman–Crippen LogP) is 3.84. The number of carboxylic acid groups (broad SMARTS) is 1. The molecular weight excluding hydrogens is 188 g/mol. The summed E-state index contributed by atoms with van der Waals surface area (Å²) in [5.74, 6) is -0.416. The van der Waals surface area contributed by atoms with Crippen molar-refractivity contribution in [1.29, 1.82) is 0 Å². The molecule has 1 aromatic rings. The largest absolute Gasteiger partial charge is 0.478 e. The average Bonchev–Trinajstić information content (AvgIpc) is 2.20. The summed E-state index contributed by atoms with van der Waals surface area (Å²) >= 11 is 0. The molecule has 15 heavy (non-hydrogen) atoms. The van der Waals surface area contributed by atoms with E-state index in [2.05, 4.69) is 13.8 Å². The van der Waals surface area contributed by atoms with Gasteiger partial charge in [-0.25, -0.2) is 4.79 Å². The third-order valence-corrected chi connectivity index (χ3v) is 2.14. The smallest absolute Gasteiger partial charge is 0.335 e. The molecular formula is C13H20O2. The van der Waals surface area contributed by atoms with Crippen LogP contribution in [0.4, 0.5) is 0 Å². The fraction of sp³-hybridized carbons (Fsp3) is 0.462. The average molecular weight is 208 g/mol. The number of carbonyl (C=O) groups is 1. The highest BCUT2D eigenvalue weighted by Crippen LogP contribution is 2.19. The van der Waals surface area contributed by atoms with Crippen molar-refractivity contribution in [3.05, 3.63) is 34.9 Å². The third kappa shape index (κ3) is 3.74. The van der Waals surface area contributed by atoms with Gasteiger partial charge in [-0.2, -0.15) is 0 Å². The number of hydrogen-bond acceptors (Lipinski definition) is 1. The number of aromatic carboxylic acids is 1. The van der Waals surface area contributed by atoms with E-state index in [0.29, 0.717) is 11.5 Å². The third-order valence-electron chi connectivity index (χ3n) is 2.14. The summed E-state index contributed by atoms with van der Waals surface area (Å²) in [5, 5.41) is 8.74. The Kier molecular flexibility index (Phi) is 5.68. The van der Waals surface area contributed by atoms with Gasteiger partial charge in [-0.3, -0.25) is 0 Å². The zero-order valence-corrected chi connectivity index (χ0v) is 10.2. The van der Waals surface area contributed by atoms with Crippen LogP contribution in [-0.4, -0.2) is 11.1 Å². The molecule has 0 aromatic heterocycles. The van der Waals surface area contributed by atoms with Crippen LogP contribution in [0.2, 0.25) is 0 Å². The molecule has 0 saturated carbocycles. The van der Waals surface area contributed by atoms with Crippen molar-refractivity contribution in [3.63, 3.8) is 0 Å². The van der Waals surface area contributed by atoms with Gasteiger partial charge in [0.15, 0.2) is 0 Å². The Morgan fingerprint density at radius 3 is 2.13 bits per heavy atom. The first-order valence-corrected chi connectivity index (χ1v) is 5.36. The highest BCUT2D eigenvalue weighted by molar-refractivity contribution is 5.87. The van der Waals surface area contributed by atoms with Crippen LogP contribution in [-0.2, 0) is 0 Å². The van der Waals surface area contributed by atoms with Crippen LogP contribution in [0.3, 0.4) is 0 Å². The molecule has 1 N–H and O–H groups in total. The van der Waals surface area contributed by atoms with Crippen LogP contribution >= 0.6 is 0 Å². The number of hydrogen-bond donors (Lipinski definition) is 1. The van der Waals surface area contributed by atoms with E-state index in [4.69, 9.17) is 5.11 Å². The van der Waals surface area contributed by atoms with Crippen LogP contribution in [0, 0.1) is 6.92 Å². The molecule has 0 aliphatic rings. The van der Waals surface area contributed by atoms with Crippen molar-refractivity contribution in [3.8, 4) is 0 Å². The van der Waals surface area contributed by atoms with Crippen molar-refractivity contribution >= 4 is 5.97 Å². The molecule has 2 heteroatoms. The maximum atomic E-state index is 10.6. The lowest BCUT2D eigenvalue weighted by Crippen LogP contribution is -1.99. The first-order chi connectivity index (χ1) is 7.02. The van der Waals surface area contributed by atoms with Gasteiger partial charge in [-0.05, 0) is 36.1 Å². The van der Waals surface area contributed by atoms with E-state index in [-0.39, 0.29) is 0 Å². The maximum absolute atomic E-state index is 10.6. The molecule has 0 unspecified atom stereocenters. The number of benzene rings is 1. The Morgan fingerprint density at radius 1 is 1.27 bits per heavy atom. The van der Waals surface area contributed by atoms with Crippen LogP contribution < -0.4 is 0 Å². The molecule has 0 amide bonds. The summed E-state index contributed by atoms with van der Waals surface area (Å²) in [7, 11) is 0. The molecule has 0 atom stereocenters. The zero-order valence-electron chi connectivity index (χ0n) is 10.2. The molecule has 0 aliphatic carbocycles. The number of carboxylic acids is 1. The van der Waals surface area contributed by atoms with E-state index >= 15 is 0 Å². The molecule has 0 spiro atoms. The van der Waals surface area contributed by atoms with Crippen LogP contribution in [0.1, 0.15) is 55.1 Å². The minimum atomic E-state index is -0.863. The van der Waals surface area contributed by atoms with Crippen molar-refractivity contribution in [2.45, 2.75) is 40.5 Å². The standard InChI is InChI=1S/C11H14O2.C2H6/c1-7(2)10-5-4-9(11(12)13)6-8(10)3;1-2/h4-7H,1-3H3,(H,12,13);1-2H3. The van der Waals surface area contributed by atoms with Gasteiger partial charge in [0.05, 0.1) is 5.56 Å². The van der Waals surface area contributed by atoms with Gasteiger partial charge >= 0.3 is 5.97 Å². The lowest BCUT2D eigenvalue weighted by atomic mass is 9.96. The summed E-state index contributed by atoms with van der Waals surface area (Å²) in [4.78, 5) is 10.6. The van der Waals surface area contributed by atoms with Gasteiger partial charge in [0, 0.05) is 0 Å². The summed E-state index contributed by atoms with van der Waals surface area (Å²) in [6.45, 7) is 10.1. The topological polar surface area (TPSA) is 37.3 Å². The van der Waals surface area contributed by atoms with E-state index in [1.807, 2.05) is 26.8 Å². The monoisotopic (exact) mass is 208 g/mol. The Morgan fingerprint density at radius 2 is 1.80 bits per heavy atom. The predicted molar refractivity (Wildman–Crippen MR) is 63.6 cm³/mol. The number of rotatable bonds is 2. The molecule has 1 aromatic carbocycles. The van der Waals surface area contributed by atoms with E-state index in [1.54, 1.807) is 12.1 Å². The summed E-state index contributed by atoms with van der Waals surface area (Å²) in [5.41, 5.74) is 2.63. The molecule has 1 rings (SSSR count). The van der Waals surface area contributed by atoms with Gasteiger partial charge in [-0.1, -0.05) is 33.8 Å². The fourth-order valence-electron chi connectivity index (χ4n) is 1.46. The maximum Gasteiger partial charge on any atom is 0.335 e. The van der Waals surface area contributed by atoms with E-state index in [1.165, 1.54) is 5.56 Å². The molecule has 0 fully saturated rings. The Balaban J connectivity index is 0.000000921. The number of aryl methyl sites for hydroxylation is 1. The second-order valence-corrected chi connectivity index (χ2v) is 3.53. The lowest BCUT2D eigenvalue weighted by molar-refractivity contribution is 0.0696. The molecule has 0 radical (unpaired) electrons. The van der Waals surface area contributed by atoms with Gasteiger partial charge in [0.2, 0.25) is 0 Å². The van der Waals surface area contributed by atoms with Crippen LogP contribution in [0.5, 0.6) is 0 Å². The highest BCUT2D eigenvalue weighted by Gasteiger charge is 2.07. The second kappa shape index (κ2) is 6.23. The molecule has 2 nitrogen and oxygen atoms in total. The van der Waals surface area contributed by atoms with Crippen molar-refractivity contribution in [2.24, 2.45) is 0 Å². The molecule has 0 bridgehead atoms. The fourth-order valence-corrected chi connectivity index (χ4v) is 1.46. The van der Waals surface area contributed by atoms with Crippen molar-refractivity contribution < 1.29 is 9.90 Å². The van der Waals surface area contributed by atoms with Gasteiger partial charge < -0.3 is 5.11 Å². The van der Waals surface area contributed by atoms with Gasteiger partial charge in [-0.15, -0.1) is 0 Å². The van der Waals surface area contributed by atoms with Crippen LogP contribution in [0.15, 0.2) is 18.2 Å². The van der Waals surface area contributed by atoms with Crippen molar-refractivity contribution in [1.82, 2.24) is 0 Å². The Labute approximate surface area is 91.9 Å². The SMILES string of the molecule is CC.Cc1cc(C(=O)O)ccc1C(C)C. The molecule has 0 aliphatic heterocycles. The quantitative estimate of drug-likeness (QED) is 0.801. The van der Waals surface area contributed by atoms with E-state index < -0.39 is 5.97 Å². The normalized spacial score (nSPS) is 9.47. The van der Waals surface area contributed by atoms with Crippen LogP contribution in [0.25, 0.3) is 0 Å². The Bertz CT molecular complexity index is 327. The summed E-state index contributed by atoms with van der Waals surface area (Å²) < 4.78 is 0. The zero-order chi connectivity index (χ0) is 12.0. The molecule has 0 heterocycles. The second-order valence-electron chi connectivity index (χ2n) is 3.53. The van der Waals surface area contributed by atoms with Gasteiger partial charge in [0.25, 0.3) is 0 Å². The first kappa shape index (κ1) is 13.7. The first-order valence-electron chi connectivity index (χ1n) is 5.36.